The Balaban J connectivity index is 1.32. The van der Waals surface area contributed by atoms with Gasteiger partial charge in [0.15, 0.2) is 11.5 Å². The van der Waals surface area contributed by atoms with Crippen molar-refractivity contribution in [1.29, 1.82) is 0 Å². The second-order valence-corrected chi connectivity index (χ2v) is 7.68. The number of aromatic nitrogens is 2. The molecule has 0 aliphatic carbocycles. The van der Waals surface area contributed by atoms with Crippen molar-refractivity contribution in [2.24, 2.45) is 0 Å². The fourth-order valence-electron chi connectivity index (χ4n) is 4.20. The molecule has 27 heavy (non-hydrogen) atoms. The lowest BCUT2D eigenvalue weighted by Gasteiger charge is -2.44. The summed E-state index contributed by atoms with van der Waals surface area (Å²) in [6.45, 7) is 3.52. The Morgan fingerprint density at radius 1 is 1.19 bits per heavy atom. The molecule has 0 radical (unpaired) electrons. The molecule has 7 nitrogen and oxygen atoms in total. The number of rotatable bonds is 2. The Morgan fingerprint density at radius 2 is 1.96 bits per heavy atom. The Morgan fingerprint density at radius 3 is 2.78 bits per heavy atom. The summed E-state index contributed by atoms with van der Waals surface area (Å²) < 4.78 is 17.1. The van der Waals surface area contributed by atoms with Gasteiger partial charge in [-0.3, -0.25) is 4.90 Å². The third-order valence-corrected chi connectivity index (χ3v) is 6.02. The molecule has 8 heteroatoms. The van der Waals surface area contributed by atoms with Gasteiger partial charge in [0, 0.05) is 36.9 Å². The largest absolute Gasteiger partial charge is 0.454 e. The van der Waals surface area contributed by atoms with Crippen LogP contribution in [0.25, 0.3) is 0 Å². The monoisotopic (exact) mass is 388 g/mol. The molecule has 0 bridgehead atoms. The molecular weight excluding hydrogens is 368 g/mol. The number of likely N-dealkylation sites (tertiary alicyclic amines) is 1. The molecule has 5 rings (SSSR count). The zero-order valence-corrected chi connectivity index (χ0v) is 15.7. The maximum Gasteiger partial charge on any atom is 0.231 e. The normalized spacial score (nSPS) is 20.6. The smallest absolute Gasteiger partial charge is 0.231 e. The minimum Gasteiger partial charge on any atom is -0.454 e. The number of piperidine rings is 1. The Bertz CT molecular complexity index is 883. The fraction of sp³-hybridized carbons (Fsp3) is 0.474. The average Bonchev–Trinajstić information content (AvgIpc) is 3.12. The predicted octanol–water partition coefficient (Wildman–Crippen LogP) is 2.50. The summed E-state index contributed by atoms with van der Waals surface area (Å²) in [5.74, 6) is 1.79. The molecule has 3 aliphatic heterocycles. The molecule has 3 aliphatic rings. The van der Waals surface area contributed by atoms with Crippen LogP contribution in [0.2, 0.25) is 5.02 Å². The number of nitrogens with zero attached hydrogens (tertiary/aromatic N) is 3. The highest BCUT2D eigenvalue weighted by Crippen LogP contribution is 2.42. The quantitative estimate of drug-likeness (QED) is 0.846. The van der Waals surface area contributed by atoms with Gasteiger partial charge >= 0.3 is 0 Å². The molecule has 142 valence electrons. The number of halogens is 1. The molecule has 0 saturated carbocycles. The van der Waals surface area contributed by atoms with Crippen LogP contribution in [0.4, 0.5) is 5.95 Å². The van der Waals surface area contributed by atoms with Crippen molar-refractivity contribution in [3.05, 3.63) is 40.2 Å². The highest BCUT2D eigenvalue weighted by atomic mass is 35.5. The minimum atomic E-state index is -0.347. The van der Waals surface area contributed by atoms with E-state index in [9.17, 15) is 0 Å². The van der Waals surface area contributed by atoms with Crippen molar-refractivity contribution in [1.82, 2.24) is 14.9 Å². The molecule has 1 aromatic heterocycles. The van der Waals surface area contributed by atoms with Gasteiger partial charge in [0.05, 0.1) is 12.3 Å². The average molecular weight is 389 g/mol. The summed E-state index contributed by atoms with van der Waals surface area (Å²) >= 11 is 6.44. The van der Waals surface area contributed by atoms with Crippen LogP contribution in [0, 0.1) is 0 Å². The summed E-state index contributed by atoms with van der Waals surface area (Å²) in [5.41, 5.74) is 8.67. The van der Waals surface area contributed by atoms with E-state index in [0.29, 0.717) is 23.3 Å². The van der Waals surface area contributed by atoms with E-state index in [0.717, 1.165) is 61.5 Å². The van der Waals surface area contributed by atoms with Crippen LogP contribution in [0.15, 0.2) is 18.3 Å². The lowest BCUT2D eigenvalue weighted by molar-refractivity contribution is -0.102. The van der Waals surface area contributed by atoms with Crippen LogP contribution in [0.3, 0.4) is 0 Å². The van der Waals surface area contributed by atoms with Crippen molar-refractivity contribution >= 4 is 17.5 Å². The van der Waals surface area contributed by atoms with Crippen molar-refractivity contribution in [2.45, 2.75) is 31.4 Å². The van der Waals surface area contributed by atoms with Crippen LogP contribution < -0.4 is 15.2 Å². The first-order valence-corrected chi connectivity index (χ1v) is 9.57. The number of fused-ring (bicyclic) bond motifs is 3. The zero-order valence-electron chi connectivity index (χ0n) is 14.9. The van der Waals surface area contributed by atoms with Crippen molar-refractivity contribution in [2.75, 3.05) is 32.2 Å². The standard InChI is InChI=1S/C19H21ClN4O3/c20-14-8-16-15(25-11-26-16)7-13(14)10-24-4-2-19(3-5-24)17-12(1-6-27-19)9-22-18(21)23-17/h7-9H,1-6,10-11H2,(H2,21,22,23). The SMILES string of the molecule is Nc1ncc2c(n1)C1(CCN(Cc3cc4c(cc3Cl)OCO4)CC1)OCC2. The highest BCUT2D eigenvalue weighted by Gasteiger charge is 2.42. The highest BCUT2D eigenvalue weighted by molar-refractivity contribution is 6.31. The molecule has 0 amide bonds. The summed E-state index contributed by atoms with van der Waals surface area (Å²) in [7, 11) is 0. The van der Waals surface area contributed by atoms with E-state index < -0.39 is 0 Å². The van der Waals surface area contributed by atoms with Gasteiger partial charge in [-0.1, -0.05) is 11.6 Å². The van der Waals surface area contributed by atoms with Crippen LogP contribution >= 0.6 is 11.6 Å². The second kappa shape index (κ2) is 6.51. The van der Waals surface area contributed by atoms with Crippen molar-refractivity contribution in [3.63, 3.8) is 0 Å². The van der Waals surface area contributed by atoms with E-state index in [4.69, 9.17) is 31.5 Å². The lowest BCUT2D eigenvalue weighted by Crippen LogP contribution is -2.47. The summed E-state index contributed by atoms with van der Waals surface area (Å²) in [4.78, 5) is 11.1. The van der Waals surface area contributed by atoms with Gasteiger partial charge in [0.2, 0.25) is 12.7 Å². The van der Waals surface area contributed by atoms with Crippen molar-refractivity contribution in [3.8, 4) is 11.5 Å². The fourth-order valence-corrected chi connectivity index (χ4v) is 4.41. The summed E-state index contributed by atoms with van der Waals surface area (Å²) in [6, 6.07) is 3.82. The molecule has 4 heterocycles. The Labute approximate surface area is 162 Å². The van der Waals surface area contributed by atoms with Crippen LogP contribution in [0.5, 0.6) is 11.5 Å². The minimum absolute atomic E-state index is 0.253. The number of hydrogen-bond acceptors (Lipinski definition) is 7. The molecule has 0 atom stereocenters. The Hall–Kier alpha value is -2.09. The number of ether oxygens (including phenoxy) is 3. The maximum absolute atomic E-state index is 6.44. The van der Waals surface area contributed by atoms with E-state index in [1.807, 2.05) is 18.3 Å². The molecule has 0 unspecified atom stereocenters. The van der Waals surface area contributed by atoms with Gasteiger partial charge in [-0.2, -0.15) is 0 Å². The molecule has 1 saturated heterocycles. The predicted molar refractivity (Wildman–Crippen MR) is 99.9 cm³/mol. The number of anilines is 1. The lowest BCUT2D eigenvalue weighted by atomic mass is 9.83. The number of nitrogen functional groups attached to an aromatic ring is 1. The third-order valence-electron chi connectivity index (χ3n) is 5.66. The molecular formula is C19H21ClN4O3. The van der Waals surface area contributed by atoms with E-state index in [-0.39, 0.29) is 12.4 Å². The van der Waals surface area contributed by atoms with Crippen LogP contribution in [-0.2, 0) is 23.3 Å². The molecule has 1 fully saturated rings. The van der Waals surface area contributed by atoms with Gasteiger partial charge in [-0.25, -0.2) is 9.97 Å². The number of benzene rings is 1. The first-order valence-electron chi connectivity index (χ1n) is 9.19. The number of hydrogen-bond donors (Lipinski definition) is 1. The maximum atomic E-state index is 6.44. The van der Waals surface area contributed by atoms with E-state index >= 15 is 0 Å². The van der Waals surface area contributed by atoms with E-state index in [1.165, 1.54) is 0 Å². The first-order chi connectivity index (χ1) is 13.1. The van der Waals surface area contributed by atoms with Gasteiger partial charge in [-0.05, 0) is 36.5 Å². The van der Waals surface area contributed by atoms with Crippen molar-refractivity contribution < 1.29 is 14.2 Å². The molecule has 2 N–H and O–H groups in total. The topological polar surface area (TPSA) is 82.7 Å². The van der Waals surface area contributed by atoms with E-state index in [2.05, 4.69) is 14.9 Å². The van der Waals surface area contributed by atoms with Gasteiger partial charge < -0.3 is 19.9 Å². The Kier molecular flexibility index (Phi) is 4.11. The van der Waals surface area contributed by atoms with Crippen LogP contribution in [-0.4, -0.2) is 41.4 Å². The van der Waals surface area contributed by atoms with Gasteiger partial charge in [0.25, 0.3) is 0 Å². The number of nitrogens with two attached hydrogens (primary N) is 1. The van der Waals surface area contributed by atoms with Gasteiger partial charge in [0.1, 0.15) is 5.60 Å². The molecule has 1 spiro atoms. The first kappa shape index (κ1) is 17.0. The summed E-state index contributed by atoms with van der Waals surface area (Å²) in [5, 5.41) is 0.708. The third kappa shape index (κ3) is 2.99. The van der Waals surface area contributed by atoms with Gasteiger partial charge in [-0.15, -0.1) is 0 Å². The second-order valence-electron chi connectivity index (χ2n) is 7.27. The molecule has 1 aromatic carbocycles. The van der Waals surface area contributed by atoms with E-state index in [1.54, 1.807) is 0 Å². The summed E-state index contributed by atoms with van der Waals surface area (Å²) in [6.07, 6.45) is 4.44. The zero-order chi connectivity index (χ0) is 18.4. The van der Waals surface area contributed by atoms with Crippen LogP contribution in [0.1, 0.15) is 29.7 Å². The molecule has 2 aromatic rings.